The van der Waals surface area contributed by atoms with Crippen LogP contribution in [0, 0.1) is 0 Å². The maximum Gasteiger partial charge on any atom is 0.323 e. The largest absolute Gasteiger partial charge is 0.491 e. The number of H-pyrrole nitrogens is 2. The van der Waals surface area contributed by atoms with Crippen molar-refractivity contribution >= 4 is 11.0 Å². The Labute approximate surface area is 91.0 Å². The molecular formula is C10H13N3O3. The van der Waals surface area contributed by atoms with Crippen LogP contribution >= 0.6 is 0 Å². The summed E-state index contributed by atoms with van der Waals surface area (Å²) in [5, 5.41) is 9.22. The third kappa shape index (κ3) is 2.23. The Morgan fingerprint density at radius 3 is 2.88 bits per heavy atom. The van der Waals surface area contributed by atoms with E-state index in [4.69, 9.17) is 10.5 Å². The summed E-state index contributed by atoms with van der Waals surface area (Å²) in [7, 11) is 0. The van der Waals surface area contributed by atoms with Crippen LogP contribution in [0.15, 0.2) is 23.0 Å². The Morgan fingerprint density at radius 2 is 2.12 bits per heavy atom. The number of aromatic amines is 2. The Hall–Kier alpha value is -1.79. The molecule has 0 amide bonds. The lowest BCUT2D eigenvalue weighted by atomic mass is 10.3. The second-order valence-corrected chi connectivity index (χ2v) is 3.49. The number of imidazole rings is 1. The molecule has 0 aliphatic heterocycles. The minimum atomic E-state index is -0.680. The van der Waals surface area contributed by atoms with Gasteiger partial charge in [0.2, 0.25) is 0 Å². The summed E-state index contributed by atoms with van der Waals surface area (Å²) in [4.78, 5) is 16.3. The van der Waals surface area contributed by atoms with Crippen molar-refractivity contribution in [3.63, 3.8) is 0 Å². The molecule has 5 N–H and O–H groups in total. The SMILES string of the molecule is NCC(O)COc1ccc2[nH]c(=O)[nH]c2c1. The van der Waals surface area contributed by atoms with Crippen molar-refractivity contribution in [1.82, 2.24) is 9.97 Å². The van der Waals surface area contributed by atoms with Crippen LogP contribution in [0.5, 0.6) is 5.75 Å². The summed E-state index contributed by atoms with van der Waals surface area (Å²) in [6, 6.07) is 5.14. The number of fused-ring (bicyclic) bond motifs is 1. The summed E-state index contributed by atoms with van der Waals surface area (Å²) in [6.07, 6.45) is -0.680. The summed E-state index contributed by atoms with van der Waals surface area (Å²) in [6.45, 7) is 0.292. The average Bonchev–Trinajstić information content (AvgIpc) is 2.65. The van der Waals surface area contributed by atoms with Gasteiger partial charge in [-0.3, -0.25) is 0 Å². The van der Waals surface area contributed by atoms with Crippen LogP contribution < -0.4 is 16.2 Å². The Kier molecular flexibility index (Phi) is 2.93. The Morgan fingerprint density at radius 1 is 1.38 bits per heavy atom. The van der Waals surface area contributed by atoms with Crippen LogP contribution in [-0.2, 0) is 0 Å². The molecule has 1 aromatic carbocycles. The molecular weight excluding hydrogens is 210 g/mol. The molecule has 0 spiro atoms. The van der Waals surface area contributed by atoms with E-state index in [-0.39, 0.29) is 18.8 Å². The molecule has 1 aromatic heterocycles. The lowest BCUT2D eigenvalue weighted by Crippen LogP contribution is -2.26. The number of hydrogen-bond acceptors (Lipinski definition) is 4. The highest BCUT2D eigenvalue weighted by Gasteiger charge is 2.04. The van der Waals surface area contributed by atoms with Gasteiger partial charge in [-0.05, 0) is 12.1 Å². The van der Waals surface area contributed by atoms with Crippen molar-refractivity contribution in [3.05, 3.63) is 28.7 Å². The molecule has 0 radical (unpaired) electrons. The first-order valence-corrected chi connectivity index (χ1v) is 4.92. The fourth-order valence-corrected chi connectivity index (χ4v) is 1.36. The van der Waals surface area contributed by atoms with Gasteiger partial charge in [0.05, 0.1) is 11.0 Å². The molecule has 0 aliphatic rings. The fourth-order valence-electron chi connectivity index (χ4n) is 1.36. The third-order valence-electron chi connectivity index (χ3n) is 2.20. The summed E-state index contributed by atoms with van der Waals surface area (Å²) in [5.74, 6) is 0.579. The van der Waals surface area contributed by atoms with Gasteiger partial charge in [0.15, 0.2) is 0 Å². The maximum atomic E-state index is 11.0. The highest BCUT2D eigenvalue weighted by Crippen LogP contribution is 2.16. The molecule has 0 bridgehead atoms. The summed E-state index contributed by atoms with van der Waals surface area (Å²) < 4.78 is 5.31. The Balaban J connectivity index is 2.16. The molecule has 86 valence electrons. The number of rotatable bonds is 4. The first kappa shape index (κ1) is 10.7. The van der Waals surface area contributed by atoms with E-state index in [0.717, 1.165) is 5.52 Å². The number of aliphatic hydroxyl groups excluding tert-OH is 1. The van der Waals surface area contributed by atoms with Crippen LogP contribution in [0.1, 0.15) is 0 Å². The number of hydrogen-bond donors (Lipinski definition) is 4. The fraction of sp³-hybridized carbons (Fsp3) is 0.300. The quantitative estimate of drug-likeness (QED) is 0.563. The zero-order chi connectivity index (χ0) is 11.5. The third-order valence-corrected chi connectivity index (χ3v) is 2.20. The average molecular weight is 223 g/mol. The van der Waals surface area contributed by atoms with Gasteiger partial charge in [0.25, 0.3) is 0 Å². The molecule has 6 heteroatoms. The second-order valence-electron chi connectivity index (χ2n) is 3.49. The van der Waals surface area contributed by atoms with Gasteiger partial charge in [-0.25, -0.2) is 4.79 Å². The lowest BCUT2D eigenvalue weighted by molar-refractivity contribution is 0.114. The van der Waals surface area contributed by atoms with Crippen molar-refractivity contribution in [3.8, 4) is 5.75 Å². The number of aliphatic hydroxyl groups is 1. The van der Waals surface area contributed by atoms with Crippen molar-refractivity contribution in [2.45, 2.75) is 6.10 Å². The van der Waals surface area contributed by atoms with E-state index in [1.54, 1.807) is 18.2 Å². The smallest absolute Gasteiger partial charge is 0.323 e. The molecule has 2 aromatic rings. The van der Waals surface area contributed by atoms with E-state index in [9.17, 15) is 9.90 Å². The van der Waals surface area contributed by atoms with E-state index in [2.05, 4.69) is 9.97 Å². The number of aromatic nitrogens is 2. The van der Waals surface area contributed by atoms with Gasteiger partial charge in [-0.2, -0.15) is 0 Å². The molecule has 0 aliphatic carbocycles. The molecule has 0 fully saturated rings. The first-order chi connectivity index (χ1) is 7.69. The zero-order valence-corrected chi connectivity index (χ0v) is 8.56. The van der Waals surface area contributed by atoms with E-state index < -0.39 is 6.10 Å². The number of nitrogens with two attached hydrogens (primary N) is 1. The van der Waals surface area contributed by atoms with E-state index in [1.165, 1.54) is 0 Å². The van der Waals surface area contributed by atoms with Gasteiger partial charge >= 0.3 is 5.69 Å². The molecule has 16 heavy (non-hydrogen) atoms. The molecule has 1 atom stereocenters. The zero-order valence-electron chi connectivity index (χ0n) is 8.56. The number of ether oxygens (including phenoxy) is 1. The maximum absolute atomic E-state index is 11.0. The van der Waals surface area contributed by atoms with Crippen molar-refractivity contribution in [2.75, 3.05) is 13.2 Å². The van der Waals surface area contributed by atoms with Crippen molar-refractivity contribution in [2.24, 2.45) is 5.73 Å². The van der Waals surface area contributed by atoms with Gasteiger partial charge < -0.3 is 25.5 Å². The van der Waals surface area contributed by atoms with Gasteiger partial charge in [-0.1, -0.05) is 0 Å². The van der Waals surface area contributed by atoms with Crippen LogP contribution in [0.2, 0.25) is 0 Å². The normalized spacial score (nSPS) is 12.9. The minimum Gasteiger partial charge on any atom is -0.491 e. The predicted octanol–water partition coefficient (Wildman–Crippen LogP) is -0.445. The topological polar surface area (TPSA) is 104 Å². The molecule has 0 saturated carbocycles. The molecule has 6 nitrogen and oxygen atoms in total. The van der Waals surface area contributed by atoms with E-state index >= 15 is 0 Å². The molecule has 2 rings (SSSR count). The lowest BCUT2D eigenvalue weighted by Gasteiger charge is -2.09. The number of nitrogens with one attached hydrogen (secondary N) is 2. The second kappa shape index (κ2) is 4.38. The summed E-state index contributed by atoms with van der Waals surface area (Å²) in [5.41, 5.74) is 6.38. The monoisotopic (exact) mass is 223 g/mol. The van der Waals surface area contributed by atoms with Crippen molar-refractivity contribution < 1.29 is 9.84 Å². The van der Waals surface area contributed by atoms with Crippen LogP contribution in [0.3, 0.4) is 0 Å². The van der Waals surface area contributed by atoms with Gasteiger partial charge in [0, 0.05) is 12.6 Å². The molecule has 0 saturated heterocycles. The summed E-state index contributed by atoms with van der Waals surface area (Å²) >= 11 is 0. The standard InChI is InChI=1S/C10H13N3O3/c11-4-6(14)5-16-7-1-2-8-9(3-7)13-10(15)12-8/h1-3,6,14H,4-5,11H2,(H2,12,13,15). The van der Waals surface area contributed by atoms with Gasteiger partial charge in [0.1, 0.15) is 18.5 Å². The molecule has 1 unspecified atom stereocenters. The van der Waals surface area contributed by atoms with Gasteiger partial charge in [-0.15, -0.1) is 0 Å². The first-order valence-electron chi connectivity index (χ1n) is 4.92. The highest BCUT2D eigenvalue weighted by atomic mass is 16.5. The van der Waals surface area contributed by atoms with E-state index in [1.807, 2.05) is 0 Å². The van der Waals surface area contributed by atoms with Crippen molar-refractivity contribution in [1.29, 1.82) is 0 Å². The van der Waals surface area contributed by atoms with E-state index in [0.29, 0.717) is 11.3 Å². The number of benzene rings is 1. The predicted molar refractivity (Wildman–Crippen MR) is 59.5 cm³/mol. The Bertz CT molecular complexity index is 531. The highest BCUT2D eigenvalue weighted by molar-refractivity contribution is 5.75. The van der Waals surface area contributed by atoms with Crippen LogP contribution in [0.25, 0.3) is 11.0 Å². The molecule has 1 heterocycles. The van der Waals surface area contributed by atoms with Crippen LogP contribution in [0.4, 0.5) is 0 Å². The van der Waals surface area contributed by atoms with Crippen LogP contribution in [-0.4, -0.2) is 34.3 Å². The minimum absolute atomic E-state index is 0.136.